The first kappa shape index (κ1) is 18.6. The van der Waals surface area contributed by atoms with Crippen LogP contribution in [0.25, 0.3) is 11.1 Å². The number of ether oxygens (including phenoxy) is 1. The van der Waals surface area contributed by atoms with E-state index in [-0.39, 0.29) is 5.97 Å². The van der Waals surface area contributed by atoms with Crippen molar-refractivity contribution in [1.29, 1.82) is 0 Å². The zero-order valence-electron chi connectivity index (χ0n) is 16.1. The van der Waals surface area contributed by atoms with Crippen LogP contribution >= 0.6 is 0 Å². The Hall–Kier alpha value is -3.22. The van der Waals surface area contributed by atoms with Crippen LogP contribution in [0.3, 0.4) is 0 Å². The second kappa shape index (κ2) is 7.19. The first-order valence-corrected chi connectivity index (χ1v) is 8.62. The van der Waals surface area contributed by atoms with Gasteiger partial charge in [-0.2, -0.15) is 5.10 Å². The Morgan fingerprint density at radius 3 is 2.67 bits per heavy atom. The summed E-state index contributed by atoms with van der Waals surface area (Å²) in [5, 5.41) is 7.60. The van der Waals surface area contributed by atoms with Crippen LogP contribution in [0.2, 0.25) is 0 Å². The molecule has 2 aromatic heterocycles. The lowest BCUT2D eigenvalue weighted by Gasteiger charge is -2.21. The van der Waals surface area contributed by atoms with E-state index >= 15 is 0 Å². The smallest absolute Gasteiger partial charge is 0.333 e. The molecule has 140 valence electrons. The number of aromatic nitrogens is 4. The van der Waals surface area contributed by atoms with Crippen molar-refractivity contribution in [2.24, 2.45) is 0 Å². The summed E-state index contributed by atoms with van der Waals surface area (Å²) in [6.07, 6.45) is 5.31. The molecule has 0 fully saturated rings. The number of nitrogens with zero attached hydrogens (tertiary/aromatic N) is 4. The number of rotatable bonds is 5. The number of anilines is 2. The molecule has 27 heavy (non-hydrogen) atoms. The predicted molar refractivity (Wildman–Crippen MR) is 104 cm³/mol. The minimum absolute atomic E-state index is 0.347. The standard InChI is InChI=1S/C20H23N5O2/c1-13-8-15(10-17(9-13)24-19-21-7-6-14(2)23-19)16-11-22-25(12-16)20(3,4)18(26)27-5/h6-12H,1-5H3,(H,21,23,24). The van der Waals surface area contributed by atoms with E-state index in [0.29, 0.717) is 5.95 Å². The van der Waals surface area contributed by atoms with Crippen molar-refractivity contribution >= 4 is 17.6 Å². The van der Waals surface area contributed by atoms with Crippen LogP contribution in [-0.2, 0) is 15.1 Å². The van der Waals surface area contributed by atoms with E-state index in [4.69, 9.17) is 4.74 Å². The van der Waals surface area contributed by atoms with Crippen molar-refractivity contribution in [3.63, 3.8) is 0 Å². The third-order valence-corrected chi connectivity index (χ3v) is 4.30. The van der Waals surface area contributed by atoms with Gasteiger partial charge in [-0.25, -0.2) is 14.8 Å². The second-order valence-electron chi connectivity index (χ2n) is 6.96. The Morgan fingerprint density at radius 2 is 1.96 bits per heavy atom. The maximum absolute atomic E-state index is 12.0. The lowest BCUT2D eigenvalue weighted by Crippen LogP contribution is -2.37. The van der Waals surface area contributed by atoms with Crippen molar-refractivity contribution in [2.75, 3.05) is 12.4 Å². The summed E-state index contributed by atoms with van der Waals surface area (Å²) < 4.78 is 6.49. The number of benzene rings is 1. The normalized spacial score (nSPS) is 11.3. The summed E-state index contributed by atoms with van der Waals surface area (Å²) >= 11 is 0. The highest BCUT2D eigenvalue weighted by molar-refractivity contribution is 5.78. The Kier molecular flexibility index (Phi) is 4.94. The van der Waals surface area contributed by atoms with E-state index < -0.39 is 5.54 Å². The molecule has 2 heterocycles. The number of esters is 1. The van der Waals surface area contributed by atoms with Gasteiger partial charge in [0.25, 0.3) is 0 Å². The van der Waals surface area contributed by atoms with E-state index in [0.717, 1.165) is 28.1 Å². The molecule has 7 heteroatoms. The number of carbonyl (C=O) groups is 1. The lowest BCUT2D eigenvalue weighted by atomic mass is 10.0. The van der Waals surface area contributed by atoms with Gasteiger partial charge in [-0.05, 0) is 57.0 Å². The van der Waals surface area contributed by atoms with E-state index in [1.807, 2.05) is 38.2 Å². The van der Waals surface area contributed by atoms with Gasteiger partial charge in [0.05, 0.1) is 13.3 Å². The maximum Gasteiger partial charge on any atom is 0.333 e. The van der Waals surface area contributed by atoms with Gasteiger partial charge in [0.1, 0.15) is 0 Å². The van der Waals surface area contributed by atoms with Gasteiger partial charge in [-0.15, -0.1) is 0 Å². The van der Waals surface area contributed by atoms with Crippen LogP contribution in [0.4, 0.5) is 11.6 Å². The number of methoxy groups -OCH3 is 1. The Morgan fingerprint density at radius 1 is 1.19 bits per heavy atom. The van der Waals surface area contributed by atoms with E-state index in [1.165, 1.54) is 7.11 Å². The summed E-state index contributed by atoms with van der Waals surface area (Å²) in [5.74, 6) is 0.203. The highest BCUT2D eigenvalue weighted by Crippen LogP contribution is 2.27. The molecule has 0 bridgehead atoms. The summed E-state index contributed by atoms with van der Waals surface area (Å²) in [5.41, 5.74) is 3.87. The second-order valence-corrected chi connectivity index (χ2v) is 6.96. The van der Waals surface area contributed by atoms with E-state index in [2.05, 4.69) is 26.4 Å². The zero-order chi connectivity index (χ0) is 19.6. The van der Waals surface area contributed by atoms with Gasteiger partial charge in [0, 0.05) is 29.3 Å². The molecule has 1 N–H and O–H groups in total. The Bertz CT molecular complexity index is 978. The Balaban J connectivity index is 1.92. The molecule has 0 atom stereocenters. The van der Waals surface area contributed by atoms with Crippen molar-refractivity contribution < 1.29 is 9.53 Å². The molecule has 3 aromatic rings. The number of hydrogen-bond donors (Lipinski definition) is 1. The number of hydrogen-bond acceptors (Lipinski definition) is 6. The highest BCUT2D eigenvalue weighted by Gasteiger charge is 2.31. The fourth-order valence-electron chi connectivity index (χ4n) is 2.78. The van der Waals surface area contributed by atoms with Gasteiger partial charge in [-0.3, -0.25) is 4.68 Å². The van der Waals surface area contributed by atoms with Crippen molar-refractivity contribution in [2.45, 2.75) is 33.2 Å². The van der Waals surface area contributed by atoms with Gasteiger partial charge >= 0.3 is 5.97 Å². The predicted octanol–water partition coefficient (Wildman–Crippen LogP) is 3.61. The molecule has 0 aliphatic carbocycles. The van der Waals surface area contributed by atoms with Gasteiger partial charge in [0.15, 0.2) is 5.54 Å². The van der Waals surface area contributed by atoms with Crippen LogP contribution in [0.15, 0.2) is 42.9 Å². The molecule has 0 saturated carbocycles. The molecule has 1 aromatic carbocycles. The summed E-state index contributed by atoms with van der Waals surface area (Å²) in [7, 11) is 1.38. The molecule has 7 nitrogen and oxygen atoms in total. The quantitative estimate of drug-likeness (QED) is 0.696. The van der Waals surface area contributed by atoms with Gasteiger partial charge in [0.2, 0.25) is 5.95 Å². The number of nitrogens with one attached hydrogen (secondary N) is 1. The van der Waals surface area contributed by atoms with Crippen molar-refractivity contribution in [3.8, 4) is 11.1 Å². The van der Waals surface area contributed by atoms with E-state index in [1.54, 1.807) is 30.9 Å². The Labute approximate surface area is 158 Å². The van der Waals surface area contributed by atoms with E-state index in [9.17, 15) is 4.79 Å². The highest BCUT2D eigenvalue weighted by atomic mass is 16.5. The summed E-state index contributed by atoms with van der Waals surface area (Å²) in [4.78, 5) is 20.6. The van der Waals surface area contributed by atoms with Crippen molar-refractivity contribution in [1.82, 2.24) is 19.7 Å². The molecular weight excluding hydrogens is 342 g/mol. The van der Waals surface area contributed by atoms with Crippen LogP contribution in [-0.4, -0.2) is 32.8 Å². The average Bonchev–Trinajstić information content (AvgIpc) is 3.11. The van der Waals surface area contributed by atoms with Crippen LogP contribution in [0.1, 0.15) is 25.1 Å². The third-order valence-electron chi connectivity index (χ3n) is 4.30. The zero-order valence-corrected chi connectivity index (χ0v) is 16.1. The SMILES string of the molecule is COC(=O)C(C)(C)n1cc(-c2cc(C)cc(Nc3nccc(C)n3)c2)cn1. The molecule has 0 aliphatic heterocycles. The number of aryl methyl sites for hydroxylation is 2. The minimum atomic E-state index is -0.882. The molecule has 0 unspecified atom stereocenters. The topological polar surface area (TPSA) is 81.9 Å². The first-order valence-electron chi connectivity index (χ1n) is 8.62. The molecule has 0 saturated heterocycles. The van der Waals surface area contributed by atoms with Gasteiger partial charge < -0.3 is 10.1 Å². The largest absolute Gasteiger partial charge is 0.467 e. The number of carbonyl (C=O) groups excluding carboxylic acids is 1. The minimum Gasteiger partial charge on any atom is -0.467 e. The van der Waals surface area contributed by atoms with Crippen LogP contribution < -0.4 is 5.32 Å². The molecule has 3 rings (SSSR count). The van der Waals surface area contributed by atoms with Crippen LogP contribution in [0.5, 0.6) is 0 Å². The van der Waals surface area contributed by atoms with Crippen molar-refractivity contribution in [3.05, 3.63) is 54.1 Å². The third kappa shape index (κ3) is 3.97. The fourth-order valence-corrected chi connectivity index (χ4v) is 2.78. The maximum atomic E-state index is 12.0. The molecule has 0 radical (unpaired) electrons. The lowest BCUT2D eigenvalue weighted by molar-refractivity contribution is -0.150. The monoisotopic (exact) mass is 365 g/mol. The molecule has 0 aliphatic rings. The molecule has 0 spiro atoms. The average molecular weight is 365 g/mol. The first-order chi connectivity index (χ1) is 12.8. The van der Waals surface area contributed by atoms with Gasteiger partial charge in [-0.1, -0.05) is 6.07 Å². The fraction of sp³-hybridized carbons (Fsp3) is 0.300. The molecule has 0 amide bonds. The molecular formula is C20H23N5O2. The summed E-state index contributed by atoms with van der Waals surface area (Å²) in [6, 6.07) is 7.95. The summed E-state index contributed by atoms with van der Waals surface area (Å²) in [6.45, 7) is 7.49. The van der Waals surface area contributed by atoms with Crippen LogP contribution in [0, 0.1) is 13.8 Å².